The average molecular weight is 457 g/mol. The lowest BCUT2D eigenvalue weighted by Gasteiger charge is -2.43. The highest BCUT2D eigenvalue weighted by atomic mass is 32.2. The molecule has 0 unspecified atom stereocenters. The van der Waals surface area contributed by atoms with Crippen molar-refractivity contribution in [1.29, 1.82) is 0 Å². The lowest BCUT2D eigenvalue weighted by molar-refractivity contribution is -0.0667. The standard InChI is InChI=1S/C25H32N2O4S/c1-20-10-12-22(13-11-20)21(2)27-18-15-25(31-24(27)28,23-8-4-3-5-9-23)14-6-16-26-17-7-19-32(26,29)30/h3-5,8-13,21H,6-7,14-19H2,1-2H3/t21-,25+/m0/s1. The van der Waals surface area contributed by atoms with Crippen molar-refractivity contribution in [3.8, 4) is 0 Å². The molecule has 2 aliphatic rings. The fourth-order valence-electron chi connectivity index (χ4n) is 4.79. The van der Waals surface area contributed by atoms with Crippen molar-refractivity contribution in [1.82, 2.24) is 9.21 Å². The number of benzene rings is 2. The van der Waals surface area contributed by atoms with Gasteiger partial charge in [-0.2, -0.15) is 0 Å². The van der Waals surface area contributed by atoms with Crippen LogP contribution in [0.3, 0.4) is 0 Å². The number of carbonyl (C=O) groups is 1. The number of nitrogens with zero attached hydrogens (tertiary/aromatic N) is 2. The minimum absolute atomic E-state index is 0.0772. The minimum Gasteiger partial charge on any atom is -0.438 e. The number of sulfonamides is 1. The molecule has 7 heteroatoms. The maximum absolute atomic E-state index is 13.2. The molecule has 0 aliphatic carbocycles. The van der Waals surface area contributed by atoms with E-state index in [1.54, 1.807) is 9.21 Å². The number of hydrogen-bond acceptors (Lipinski definition) is 4. The van der Waals surface area contributed by atoms with E-state index in [-0.39, 0.29) is 17.9 Å². The van der Waals surface area contributed by atoms with Gasteiger partial charge in [0.2, 0.25) is 10.0 Å². The fourth-order valence-corrected chi connectivity index (χ4v) is 6.36. The molecule has 2 aliphatic heterocycles. The highest BCUT2D eigenvalue weighted by Gasteiger charge is 2.43. The zero-order valence-electron chi connectivity index (χ0n) is 18.9. The summed E-state index contributed by atoms with van der Waals surface area (Å²) in [7, 11) is -3.12. The van der Waals surface area contributed by atoms with Crippen molar-refractivity contribution < 1.29 is 17.9 Å². The Morgan fingerprint density at radius 1 is 1.06 bits per heavy atom. The van der Waals surface area contributed by atoms with Crippen LogP contribution in [0.25, 0.3) is 0 Å². The predicted octanol–water partition coefficient (Wildman–Crippen LogP) is 4.61. The molecule has 2 aromatic carbocycles. The lowest BCUT2D eigenvalue weighted by Crippen LogP contribution is -2.49. The second kappa shape index (κ2) is 9.24. The molecule has 2 saturated heterocycles. The first-order chi connectivity index (χ1) is 15.3. The number of cyclic esters (lactones) is 1. The number of hydrogen-bond donors (Lipinski definition) is 0. The molecule has 2 fully saturated rings. The zero-order chi connectivity index (χ0) is 22.8. The number of rotatable bonds is 7. The third-order valence-corrected chi connectivity index (χ3v) is 8.75. The van der Waals surface area contributed by atoms with E-state index in [0.717, 1.165) is 11.1 Å². The largest absolute Gasteiger partial charge is 0.438 e. The molecule has 1 amide bonds. The van der Waals surface area contributed by atoms with Crippen LogP contribution in [0.2, 0.25) is 0 Å². The van der Waals surface area contributed by atoms with Crippen LogP contribution in [0.4, 0.5) is 4.79 Å². The molecule has 0 saturated carbocycles. The number of aryl methyl sites for hydroxylation is 1. The minimum atomic E-state index is -3.12. The van der Waals surface area contributed by atoms with E-state index in [0.29, 0.717) is 45.3 Å². The molecule has 0 aromatic heterocycles. The molecule has 2 atom stereocenters. The zero-order valence-corrected chi connectivity index (χ0v) is 19.7. The van der Waals surface area contributed by atoms with Gasteiger partial charge in [0.25, 0.3) is 0 Å². The van der Waals surface area contributed by atoms with Gasteiger partial charge in [0.05, 0.1) is 11.8 Å². The first kappa shape index (κ1) is 22.8. The molecular weight excluding hydrogens is 424 g/mol. The van der Waals surface area contributed by atoms with Gasteiger partial charge in [0, 0.05) is 26.1 Å². The molecule has 0 spiro atoms. The van der Waals surface area contributed by atoms with E-state index >= 15 is 0 Å². The maximum Gasteiger partial charge on any atom is 0.411 e. The predicted molar refractivity (Wildman–Crippen MR) is 125 cm³/mol. The fraction of sp³-hybridized carbons (Fsp3) is 0.480. The van der Waals surface area contributed by atoms with Crippen LogP contribution in [0.5, 0.6) is 0 Å². The Bertz CT molecular complexity index is 1040. The van der Waals surface area contributed by atoms with E-state index in [1.165, 1.54) is 5.56 Å². The van der Waals surface area contributed by atoms with Crippen LogP contribution in [-0.2, 0) is 20.4 Å². The average Bonchev–Trinajstić information content (AvgIpc) is 3.12. The summed E-state index contributed by atoms with van der Waals surface area (Å²) < 4.78 is 32.1. The van der Waals surface area contributed by atoms with Gasteiger partial charge < -0.3 is 9.64 Å². The number of carbonyl (C=O) groups excluding carboxylic acids is 1. The van der Waals surface area contributed by atoms with Gasteiger partial charge in [0.1, 0.15) is 5.60 Å². The first-order valence-electron chi connectivity index (χ1n) is 11.4. The van der Waals surface area contributed by atoms with E-state index in [9.17, 15) is 13.2 Å². The van der Waals surface area contributed by atoms with Gasteiger partial charge in [-0.25, -0.2) is 17.5 Å². The van der Waals surface area contributed by atoms with Crippen LogP contribution in [0.1, 0.15) is 55.3 Å². The number of ether oxygens (including phenoxy) is 1. The van der Waals surface area contributed by atoms with Crippen molar-refractivity contribution in [2.45, 2.75) is 51.2 Å². The summed E-state index contributed by atoms with van der Waals surface area (Å²) in [4.78, 5) is 15.0. The Kier molecular flexibility index (Phi) is 6.58. The van der Waals surface area contributed by atoms with Gasteiger partial charge in [-0.15, -0.1) is 0 Å². The van der Waals surface area contributed by atoms with Crippen molar-refractivity contribution in [3.05, 3.63) is 71.3 Å². The maximum atomic E-state index is 13.2. The smallest absolute Gasteiger partial charge is 0.411 e. The van der Waals surface area contributed by atoms with Crippen molar-refractivity contribution in [3.63, 3.8) is 0 Å². The highest BCUT2D eigenvalue weighted by molar-refractivity contribution is 7.89. The summed E-state index contributed by atoms with van der Waals surface area (Å²) >= 11 is 0. The van der Waals surface area contributed by atoms with Gasteiger partial charge in [-0.1, -0.05) is 60.2 Å². The Morgan fingerprint density at radius 2 is 1.78 bits per heavy atom. The highest BCUT2D eigenvalue weighted by Crippen LogP contribution is 2.40. The van der Waals surface area contributed by atoms with Gasteiger partial charge in [-0.05, 0) is 44.2 Å². The Labute approximate surface area is 191 Å². The molecule has 0 bridgehead atoms. The normalized spacial score (nSPS) is 24.3. The summed E-state index contributed by atoms with van der Waals surface area (Å²) in [6, 6.07) is 18.0. The van der Waals surface area contributed by atoms with Gasteiger partial charge in [0.15, 0.2) is 0 Å². The summed E-state index contributed by atoms with van der Waals surface area (Å²) in [5, 5.41) is 0. The molecule has 2 aromatic rings. The molecule has 0 radical (unpaired) electrons. The third-order valence-electron chi connectivity index (χ3n) is 6.79. The van der Waals surface area contributed by atoms with Gasteiger partial charge in [-0.3, -0.25) is 0 Å². The topological polar surface area (TPSA) is 66.9 Å². The van der Waals surface area contributed by atoms with Crippen molar-refractivity contribution in [2.75, 3.05) is 25.4 Å². The van der Waals surface area contributed by atoms with E-state index in [1.807, 2.05) is 44.2 Å². The Balaban J connectivity index is 1.49. The molecule has 4 rings (SSSR count). The van der Waals surface area contributed by atoms with Gasteiger partial charge >= 0.3 is 6.09 Å². The molecule has 0 N–H and O–H groups in total. The van der Waals surface area contributed by atoms with Crippen LogP contribution in [0.15, 0.2) is 54.6 Å². The van der Waals surface area contributed by atoms with Crippen LogP contribution in [0, 0.1) is 6.92 Å². The summed E-state index contributed by atoms with van der Waals surface area (Å²) in [5.74, 6) is 0.234. The quantitative estimate of drug-likeness (QED) is 0.610. The Hall–Kier alpha value is -2.38. The van der Waals surface area contributed by atoms with E-state index < -0.39 is 15.6 Å². The van der Waals surface area contributed by atoms with E-state index in [2.05, 4.69) is 24.3 Å². The molecule has 32 heavy (non-hydrogen) atoms. The summed E-state index contributed by atoms with van der Waals surface area (Å²) in [6.45, 7) is 5.72. The molecule has 2 heterocycles. The monoisotopic (exact) mass is 456 g/mol. The van der Waals surface area contributed by atoms with Crippen molar-refractivity contribution >= 4 is 16.1 Å². The summed E-state index contributed by atoms with van der Waals surface area (Å²) in [6.07, 6.45) is 2.29. The first-order valence-corrected chi connectivity index (χ1v) is 13.0. The van der Waals surface area contributed by atoms with Crippen LogP contribution in [-0.4, -0.2) is 49.1 Å². The second-order valence-corrected chi connectivity index (χ2v) is 11.0. The van der Waals surface area contributed by atoms with Crippen molar-refractivity contribution in [2.24, 2.45) is 0 Å². The lowest BCUT2D eigenvalue weighted by atomic mass is 9.84. The van der Waals surface area contributed by atoms with Crippen LogP contribution < -0.4 is 0 Å². The van der Waals surface area contributed by atoms with E-state index in [4.69, 9.17) is 4.74 Å². The SMILES string of the molecule is Cc1ccc([C@H](C)N2CC[C@](CCCN3CCCS3(=O)=O)(c3ccccc3)OC2=O)cc1. The summed E-state index contributed by atoms with van der Waals surface area (Å²) in [5.41, 5.74) is 2.51. The number of amides is 1. The Morgan fingerprint density at radius 3 is 2.41 bits per heavy atom. The molecule has 6 nitrogen and oxygen atoms in total. The molecular formula is C25H32N2O4S. The molecule has 172 valence electrons. The third kappa shape index (κ3) is 4.69. The second-order valence-electron chi connectivity index (χ2n) is 8.93. The van der Waals surface area contributed by atoms with Crippen LogP contribution >= 0.6 is 0 Å².